The topological polar surface area (TPSA) is 93.9 Å². The molecule has 1 N–H and O–H groups in total. The molecule has 1 atom stereocenters. The van der Waals surface area contributed by atoms with Gasteiger partial charge in [0, 0.05) is 42.4 Å². The second-order valence-electron chi connectivity index (χ2n) is 9.89. The molecule has 2 fully saturated rings. The lowest BCUT2D eigenvalue weighted by atomic mass is 9.87. The van der Waals surface area contributed by atoms with E-state index in [1.165, 1.54) is 6.07 Å². The molecule has 0 amide bonds. The maximum atomic E-state index is 14.6. The highest BCUT2D eigenvalue weighted by Gasteiger charge is 2.40. The van der Waals surface area contributed by atoms with E-state index < -0.39 is 0 Å². The van der Waals surface area contributed by atoms with E-state index in [0.717, 1.165) is 67.7 Å². The SMILES string of the molecule is O=CC1(CN2CCC[C@H](c3cnc(NCc4c(F)ccc5c4CCO5)n4cnnc34)CC2)COC1. The molecule has 0 spiro atoms. The number of fused-ring (bicyclic) bond motifs is 2. The van der Waals surface area contributed by atoms with Crippen LogP contribution in [0.2, 0.25) is 0 Å². The molecule has 5 heterocycles. The summed E-state index contributed by atoms with van der Waals surface area (Å²) < 4.78 is 27.3. The summed E-state index contributed by atoms with van der Waals surface area (Å²) in [6.45, 7) is 4.58. The molecule has 184 valence electrons. The summed E-state index contributed by atoms with van der Waals surface area (Å²) in [5.41, 5.74) is 3.05. The Bertz CT molecular complexity index is 1240. The van der Waals surface area contributed by atoms with Crippen LogP contribution in [-0.4, -0.2) is 70.2 Å². The zero-order valence-electron chi connectivity index (χ0n) is 19.6. The number of benzene rings is 1. The number of halogens is 1. The van der Waals surface area contributed by atoms with Crippen LogP contribution in [0.25, 0.3) is 5.65 Å². The van der Waals surface area contributed by atoms with Crippen molar-refractivity contribution < 1.29 is 18.7 Å². The highest BCUT2D eigenvalue weighted by Crippen LogP contribution is 2.34. The molecule has 3 aromatic rings. The molecular weight excluding hydrogens is 451 g/mol. The number of likely N-dealkylation sites (tertiary alicyclic amines) is 1. The van der Waals surface area contributed by atoms with Gasteiger partial charge in [-0.2, -0.15) is 0 Å². The van der Waals surface area contributed by atoms with Crippen LogP contribution in [0.3, 0.4) is 0 Å². The lowest BCUT2D eigenvalue weighted by Crippen LogP contribution is -2.52. The molecule has 3 aliphatic heterocycles. The van der Waals surface area contributed by atoms with Crippen LogP contribution in [0.15, 0.2) is 24.7 Å². The van der Waals surface area contributed by atoms with Gasteiger partial charge in [0.2, 0.25) is 5.95 Å². The first-order valence-electron chi connectivity index (χ1n) is 12.3. The Labute approximate surface area is 202 Å². The summed E-state index contributed by atoms with van der Waals surface area (Å²) in [4.78, 5) is 18.6. The summed E-state index contributed by atoms with van der Waals surface area (Å²) in [6, 6.07) is 3.15. The summed E-state index contributed by atoms with van der Waals surface area (Å²) in [5, 5.41) is 11.8. The summed E-state index contributed by atoms with van der Waals surface area (Å²) in [7, 11) is 0. The van der Waals surface area contributed by atoms with E-state index in [0.29, 0.717) is 50.2 Å². The minimum absolute atomic E-state index is 0.244. The van der Waals surface area contributed by atoms with Gasteiger partial charge in [-0.05, 0) is 50.4 Å². The highest BCUT2D eigenvalue weighted by atomic mass is 19.1. The Balaban J connectivity index is 1.18. The molecule has 9 nitrogen and oxygen atoms in total. The lowest BCUT2D eigenvalue weighted by Gasteiger charge is -2.40. The zero-order chi connectivity index (χ0) is 23.8. The molecule has 0 saturated carbocycles. The predicted octanol–water partition coefficient (Wildman–Crippen LogP) is 2.60. The van der Waals surface area contributed by atoms with Crippen molar-refractivity contribution in [3.8, 4) is 5.75 Å². The molecule has 0 bridgehead atoms. The first-order chi connectivity index (χ1) is 17.2. The Morgan fingerprint density at radius 1 is 1.26 bits per heavy atom. The molecule has 2 saturated heterocycles. The summed E-state index contributed by atoms with van der Waals surface area (Å²) in [5.74, 6) is 1.40. The number of aromatic nitrogens is 4. The first kappa shape index (κ1) is 22.4. The monoisotopic (exact) mass is 480 g/mol. The van der Waals surface area contributed by atoms with Crippen LogP contribution >= 0.6 is 0 Å². The number of anilines is 1. The highest BCUT2D eigenvalue weighted by molar-refractivity contribution is 5.61. The third kappa shape index (κ3) is 4.14. The van der Waals surface area contributed by atoms with Crippen LogP contribution in [0, 0.1) is 11.2 Å². The third-order valence-electron chi connectivity index (χ3n) is 7.55. The summed E-state index contributed by atoms with van der Waals surface area (Å²) >= 11 is 0. The zero-order valence-corrected chi connectivity index (χ0v) is 19.6. The largest absolute Gasteiger partial charge is 0.493 e. The molecular formula is C25H29FN6O3. The molecule has 0 aliphatic carbocycles. The van der Waals surface area contributed by atoms with Crippen LogP contribution in [-0.2, 0) is 22.5 Å². The van der Waals surface area contributed by atoms with Gasteiger partial charge < -0.3 is 24.5 Å². The van der Waals surface area contributed by atoms with E-state index in [1.54, 1.807) is 12.4 Å². The van der Waals surface area contributed by atoms with E-state index >= 15 is 0 Å². The number of nitrogens with one attached hydrogen (secondary N) is 1. The second kappa shape index (κ2) is 9.16. The van der Waals surface area contributed by atoms with Crippen molar-refractivity contribution >= 4 is 17.9 Å². The second-order valence-corrected chi connectivity index (χ2v) is 9.89. The number of hydrogen-bond donors (Lipinski definition) is 1. The number of carbonyl (C=O) groups is 1. The van der Waals surface area contributed by atoms with Gasteiger partial charge >= 0.3 is 0 Å². The molecule has 1 aromatic carbocycles. The van der Waals surface area contributed by atoms with Crippen molar-refractivity contribution in [2.45, 2.75) is 38.1 Å². The molecule has 3 aliphatic rings. The molecule has 6 rings (SSSR count). The number of hydrogen-bond acceptors (Lipinski definition) is 8. The van der Waals surface area contributed by atoms with Gasteiger partial charge in [0.15, 0.2) is 5.65 Å². The Morgan fingerprint density at radius 2 is 2.17 bits per heavy atom. The Morgan fingerprint density at radius 3 is 3.00 bits per heavy atom. The van der Waals surface area contributed by atoms with Crippen molar-refractivity contribution in [1.82, 2.24) is 24.5 Å². The van der Waals surface area contributed by atoms with Gasteiger partial charge in [0.05, 0.1) is 25.2 Å². The average molecular weight is 481 g/mol. The number of rotatable bonds is 7. The van der Waals surface area contributed by atoms with Gasteiger partial charge in [-0.3, -0.25) is 4.40 Å². The smallest absolute Gasteiger partial charge is 0.210 e. The van der Waals surface area contributed by atoms with Gasteiger partial charge in [0.1, 0.15) is 24.2 Å². The van der Waals surface area contributed by atoms with E-state index in [-0.39, 0.29) is 11.2 Å². The first-order valence-corrected chi connectivity index (χ1v) is 12.3. The minimum Gasteiger partial charge on any atom is -0.493 e. The van der Waals surface area contributed by atoms with Crippen molar-refractivity contribution in [3.05, 3.63) is 47.2 Å². The fraction of sp³-hybridized carbons (Fsp3) is 0.520. The average Bonchev–Trinajstić information content (AvgIpc) is 3.47. The minimum atomic E-state index is -0.334. The van der Waals surface area contributed by atoms with Gasteiger partial charge in [-0.25, -0.2) is 9.37 Å². The third-order valence-corrected chi connectivity index (χ3v) is 7.55. The van der Waals surface area contributed by atoms with E-state index in [1.807, 2.05) is 10.6 Å². The number of aldehydes is 1. The Kier molecular flexibility index (Phi) is 5.85. The van der Waals surface area contributed by atoms with Crippen LogP contribution in [0.1, 0.15) is 41.9 Å². The molecule has 0 radical (unpaired) electrons. The van der Waals surface area contributed by atoms with Gasteiger partial charge in [0.25, 0.3) is 0 Å². The summed E-state index contributed by atoms with van der Waals surface area (Å²) in [6.07, 6.45) is 8.34. The molecule has 35 heavy (non-hydrogen) atoms. The normalized spacial score (nSPS) is 21.7. The standard InChI is InChI=1S/C25H29FN6O3/c26-21-3-4-22-18(6-9-35-22)20(21)11-28-24-27-10-19(23-30-29-16-32(23)24)17-2-1-7-31(8-5-17)12-25(13-33)14-34-15-25/h3-4,10,13,16-17H,1-2,5-9,11-12,14-15H2,(H,27,28)/t17-/m0/s1. The van der Waals surface area contributed by atoms with Crippen LogP contribution in [0.4, 0.5) is 10.3 Å². The molecule has 2 aromatic heterocycles. The van der Waals surface area contributed by atoms with Gasteiger partial charge in [-0.15, -0.1) is 10.2 Å². The maximum Gasteiger partial charge on any atom is 0.210 e. The van der Waals surface area contributed by atoms with E-state index in [4.69, 9.17) is 9.47 Å². The quantitative estimate of drug-likeness (QED) is 0.516. The van der Waals surface area contributed by atoms with Crippen LogP contribution in [0.5, 0.6) is 5.75 Å². The number of nitrogens with zero attached hydrogens (tertiary/aromatic N) is 5. The molecule has 10 heteroatoms. The Hall–Kier alpha value is -3.11. The van der Waals surface area contributed by atoms with Gasteiger partial charge in [-0.1, -0.05) is 0 Å². The number of carbonyl (C=O) groups excluding carboxylic acids is 1. The lowest BCUT2D eigenvalue weighted by molar-refractivity contribution is -0.150. The number of ether oxygens (including phenoxy) is 2. The van der Waals surface area contributed by atoms with Crippen LogP contribution < -0.4 is 10.1 Å². The molecule has 0 unspecified atom stereocenters. The van der Waals surface area contributed by atoms with Crippen molar-refractivity contribution in [2.75, 3.05) is 44.8 Å². The predicted molar refractivity (Wildman–Crippen MR) is 126 cm³/mol. The fourth-order valence-electron chi connectivity index (χ4n) is 5.56. The maximum absolute atomic E-state index is 14.6. The van der Waals surface area contributed by atoms with Crippen molar-refractivity contribution in [3.63, 3.8) is 0 Å². The fourth-order valence-corrected chi connectivity index (χ4v) is 5.56. The van der Waals surface area contributed by atoms with E-state index in [9.17, 15) is 9.18 Å². The van der Waals surface area contributed by atoms with E-state index in [2.05, 4.69) is 25.4 Å². The van der Waals surface area contributed by atoms with Crippen molar-refractivity contribution in [1.29, 1.82) is 0 Å². The van der Waals surface area contributed by atoms with Crippen molar-refractivity contribution in [2.24, 2.45) is 5.41 Å².